The molecule has 1 fully saturated rings. The van der Waals surface area contributed by atoms with Crippen LogP contribution in [-0.4, -0.2) is 38.2 Å². The minimum absolute atomic E-state index is 0.0316. The molecule has 1 saturated heterocycles. The number of halogens is 4. The van der Waals surface area contributed by atoms with Gasteiger partial charge in [-0.05, 0) is 56.2 Å². The molecule has 0 unspecified atom stereocenters. The van der Waals surface area contributed by atoms with Crippen molar-refractivity contribution in [3.63, 3.8) is 0 Å². The summed E-state index contributed by atoms with van der Waals surface area (Å²) in [5, 5.41) is 0. The van der Waals surface area contributed by atoms with Crippen LogP contribution in [0.4, 0.5) is 29.1 Å². The maximum Gasteiger partial charge on any atom is 0.416 e. The summed E-state index contributed by atoms with van der Waals surface area (Å²) in [6.45, 7) is 2.90. The summed E-state index contributed by atoms with van der Waals surface area (Å²) in [7, 11) is -2.65. The Kier molecular flexibility index (Phi) is 5.52. The third-order valence-electron chi connectivity index (χ3n) is 4.86. The van der Waals surface area contributed by atoms with Gasteiger partial charge in [0, 0.05) is 18.4 Å². The molecule has 30 heavy (non-hydrogen) atoms. The molecule has 1 aromatic carbocycles. The van der Waals surface area contributed by atoms with Gasteiger partial charge in [0.15, 0.2) is 0 Å². The fraction of sp³-hybridized carbons (Fsp3) is 0.368. The van der Waals surface area contributed by atoms with Gasteiger partial charge >= 0.3 is 6.18 Å². The molecule has 1 amide bonds. The molecule has 2 heterocycles. The van der Waals surface area contributed by atoms with Crippen LogP contribution in [0.15, 0.2) is 30.3 Å². The number of amides is 1. The van der Waals surface area contributed by atoms with Gasteiger partial charge in [-0.15, -0.1) is 0 Å². The van der Waals surface area contributed by atoms with Gasteiger partial charge in [-0.2, -0.15) is 13.2 Å². The normalized spacial score (nSPS) is 18.5. The van der Waals surface area contributed by atoms with E-state index in [1.807, 2.05) is 0 Å². The van der Waals surface area contributed by atoms with Crippen molar-refractivity contribution in [2.24, 2.45) is 0 Å². The number of carbonyl (C=O) groups excluding carboxylic acids is 1. The molecule has 1 aromatic heterocycles. The Labute approximate surface area is 171 Å². The smallest absolute Gasteiger partial charge is 0.313 e. The van der Waals surface area contributed by atoms with Crippen LogP contribution in [0, 0.1) is 19.7 Å². The average molecular weight is 445 g/mol. The van der Waals surface area contributed by atoms with Crippen molar-refractivity contribution in [3.8, 4) is 0 Å². The van der Waals surface area contributed by atoms with Gasteiger partial charge in [0.1, 0.15) is 17.7 Å². The highest BCUT2D eigenvalue weighted by Crippen LogP contribution is 2.35. The van der Waals surface area contributed by atoms with Gasteiger partial charge in [0.2, 0.25) is 10.0 Å². The van der Waals surface area contributed by atoms with E-state index in [2.05, 4.69) is 4.98 Å². The van der Waals surface area contributed by atoms with Crippen LogP contribution >= 0.6 is 0 Å². The van der Waals surface area contributed by atoms with Crippen molar-refractivity contribution < 1.29 is 30.8 Å². The third-order valence-corrected chi connectivity index (χ3v) is 6.65. The number of sulfonamides is 1. The molecule has 162 valence electrons. The zero-order chi connectivity index (χ0) is 22.4. The van der Waals surface area contributed by atoms with E-state index in [1.165, 1.54) is 31.0 Å². The van der Waals surface area contributed by atoms with Crippen LogP contribution in [0.5, 0.6) is 0 Å². The first kappa shape index (κ1) is 22.0. The molecule has 0 bridgehead atoms. The van der Waals surface area contributed by atoms with E-state index in [-0.39, 0.29) is 12.1 Å². The van der Waals surface area contributed by atoms with E-state index in [1.54, 1.807) is 6.92 Å². The summed E-state index contributed by atoms with van der Waals surface area (Å²) in [6, 6.07) is 3.92. The molecular formula is C19H19F4N3O3S. The maximum atomic E-state index is 13.4. The Bertz CT molecular complexity index is 1100. The zero-order valence-electron chi connectivity index (χ0n) is 16.4. The van der Waals surface area contributed by atoms with Gasteiger partial charge in [-0.1, -0.05) is 0 Å². The minimum Gasteiger partial charge on any atom is -0.313 e. The lowest BCUT2D eigenvalue weighted by molar-refractivity contribution is -0.137. The molecular weight excluding hydrogens is 426 g/mol. The van der Waals surface area contributed by atoms with Gasteiger partial charge < -0.3 is 4.90 Å². The molecule has 2 aromatic rings. The summed E-state index contributed by atoms with van der Waals surface area (Å²) in [6.07, 6.45) is -4.81. The van der Waals surface area contributed by atoms with E-state index in [9.17, 15) is 30.8 Å². The van der Waals surface area contributed by atoms with Crippen LogP contribution in [0.2, 0.25) is 0 Å². The van der Waals surface area contributed by atoms with E-state index >= 15 is 0 Å². The van der Waals surface area contributed by atoms with Crippen molar-refractivity contribution in [3.05, 3.63) is 53.0 Å². The topological polar surface area (TPSA) is 70.6 Å². The highest BCUT2D eigenvalue weighted by Gasteiger charge is 2.44. The van der Waals surface area contributed by atoms with Crippen LogP contribution < -0.4 is 9.21 Å². The Morgan fingerprint density at radius 3 is 2.47 bits per heavy atom. The molecule has 0 spiro atoms. The highest BCUT2D eigenvalue weighted by molar-refractivity contribution is 7.93. The summed E-state index contributed by atoms with van der Waals surface area (Å²) in [5.41, 5.74) is -0.276. The summed E-state index contributed by atoms with van der Waals surface area (Å²) < 4.78 is 78.9. The number of hydrogen-bond acceptors (Lipinski definition) is 4. The number of alkyl halides is 3. The lowest BCUT2D eigenvalue weighted by atomic mass is 10.1. The number of aryl methyl sites for hydroxylation is 2. The van der Waals surface area contributed by atoms with Crippen molar-refractivity contribution in [2.45, 2.75) is 32.5 Å². The second kappa shape index (κ2) is 7.53. The van der Waals surface area contributed by atoms with Gasteiger partial charge in [0.25, 0.3) is 5.91 Å². The molecule has 1 atom stereocenters. The highest BCUT2D eigenvalue weighted by atomic mass is 32.2. The number of likely N-dealkylation sites (N-methyl/N-ethyl adjacent to an activating group) is 1. The second-order valence-corrected chi connectivity index (χ2v) is 9.06. The number of hydrogen-bond donors (Lipinski definition) is 0. The Balaban J connectivity index is 2.03. The zero-order valence-corrected chi connectivity index (χ0v) is 17.2. The number of benzene rings is 1. The SMILES string of the molecule is Cc1cc(C(F)(F)F)cc(N2[C@H](C(=O)N(C)c3ccc(F)cc3C)CCS2(=O)=O)n1. The quantitative estimate of drug-likeness (QED) is 0.679. The van der Waals surface area contributed by atoms with Crippen LogP contribution in [-0.2, 0) is 21.0 Å². The predicted octanol–water partition coefficient (Wildman–Crippen LogP) is 3.43. The molecule has 11 heteroatoms. The predicted molar refractivity (Wildman–Crippen MR) is 103 cm³/mol. The summed E-state index contributed by atoms with van der Waals surface area (Å²) in [4.78, 5) is 18.2. The van der Waals surface area contributed by atoms with Gasteiger partial charge in [-0.3, -0.25) is 4.79 Å². The maximum absolute atomic E-state index is 13.4. The molecule has 0 radical (unpaired) electrons. The molecule has 6 nitrogen and oxygen atoms in total. The van der Waals surface area contributed by atoms with E-state index < -0.39 is 51.1 Å². The Hall–Kier alpha value is -2.69. The Morgan fingerprint density at radius 1 is 1.20 bits per heavy atom. The number of rotatable bonds is 3. The van der Waals surface area contributed by atoms with E-state index in [0.29, 0.717) is 21.6 Å². The molecule has 0 N–H and O–H groups in total. The largest absolute Gasteiger partial charge is 0.416 e. The van der Waals surface area contributed by atoms with E-state index in [4.69, 9.17) is 0 Å². The standard InChI is InChI=1S/C19H19F4N3O3S/c1-11-8-14(20)4-5-15(11)25(3)18(27)16-6-7-30(28,29)26(16)17-10-13(19(21,22)23)9-12(2)24-17/h4-5,8-10,16H,6-7H2,1-3H3/t16-/m0/s1. The number of aromatic nitrogens is 1. The van der Waals surface area contributed by atoms with Gasteiger partial charge in [-0.25, -0.2) is 22.1 Å². The van der Waals surface area contributed by atoms with Crippen LogP contribution in [0.25, 0.3) is 0 Å². The van der Waals surface area contributed by atoms with Crippen LogP contribution in [0.1, 0.15) is 23.2 Å². The monoisotopic (exact) mass is 445 g/mol. The molecule has 0 aliphatic carbocycles. The van der Waals surface area contributed by atoms with E-state index in [0.717, 1.165) is 12.1 Å². The number of nitrogens with zero attached hydrogens (tertiary/aromatic N) is 3. The van der Waals surface area contributed by atoms with Crippen LogP contribution in [0.3, 0.4) is 0 Å². The first-order valence-corrected chi connectivity index (χ1v) is 10.5. The number of pyridine rings is 1. The van der Waals surface area contributed by atoms with Crippen molar-refractivity contribution in [1.29, 1.82) is 0 Å². The molecule has 0 saturated carbocycles. The molecule has 1 aliphatic heterocycles. The number of carbonyl (C=O) groups is 1. The molecule has 1 aliphatic rings. The second-order valence-electron chi connectivity index (χ2n) is 7.10. The summed E-state index contributed by atoms with van der Waals surface area (Å²) >= 11 is 0. The van der Waals surface area contributed by atoms with Gasteiger partial charge in [0.05, 0.1) is 11.3 Å². The van der Waals surface area contributed by atoms with Crippen molar-refractivity contribution in [1.82, 2.24) is 4.98 Å². The Morgan fingerprint density at radius 2 is 1.87 bits per heavy atom. The lowest BCUT2D eigenvalue weighted by Gasteiger charge is -2.28. The average Bonchev–Trinajstić information content (AvgIpc) is 2.94. The first-order valence-electron chi connectivity index (χ1n) is 8.93. The first-order chi connectivity index (χ1) is 13.8. The summed E-state index contributed by atoms with van der Waals surface area (Å²) in [5.74, 6) is -2.01. The molecule has 3 rings (SSSR count). The fourth-order valence-corrected chi connectivity index (χ4v) is 5.14. The fourth-order valence-electron chi connectivity index (χ4n) is 3.46. The third kappa shape index (κ3) is 4.11. The lowest BCUT2D eigenvalue weighted by Crippen LogP contribution is -2.46. The van der Waals surface area contributed by atoms with Crippen molar-refractivity contribution >= 4 is 27.4 Å². The number of anilines is 2. The minimum atomic E-state index is -4.70. The van der Waals surface area contributed by atoms with Crippen molar-refractivity contribution in [2.75, 3.05) is 22.0 Å².